The first-order valence-corrected chi connectivity index (χ1v) is 6.72. The molecule has 1 amide bonds. The fraction of sp³-hybridized carbons (Fsp3) is 0.286. The van der Waals surface area contributed by atoms with Gasteiger partial charge in [-0.25, -0.2) is 4.68 Å². The number of anilines is 1. The highest BCUT2D eigenvalue weighted by Gasteiger charge is 2.12. The van der Waals surface area contributed by atoms with Gasteiger partial charge in [0.15, 0.2) is 0 Å². The maximum absolute atomic E-state index is 11.9. The number of nitrogens with one attached hydrogen (secondary N) is 1. The number of aliphatic hydroxyl groups excluding tert-OH is 1. The number of carbonyl (C=O) groups is 1. The lowest BCUT2D eigenvalue weighted by Crippen LogP contribution is -2.15. The molecule has 2 rings (SSSR count). The van der Waals surface area contributed by atoms with Crippen LogP contribution in [0.4, 0.5) is 5.69 Å². The first-order chi connectivity index (χ1) is 9.58. The Bertz CT molecular complexity index is 582. The van der Waals surface area contributed by atoms with E-state index in [1.807, 2.05) is 0 Å². The van der Waals surface area contributed by atoms with Gasteiger partial charge in [-0.2, -0.15) is 5.10 Å². The van der Waals surface area contributed by atoms with Crippen LogP contribution >= 0.6 is 11.6 Å². The normalized spacial score (nSPS) is 12.2. The Morgan fingerprint density at radius 2 is 2.30 bits per heavy atom. The SMILES string of the molecule is CC(O)CCC(=O)Nc1cccc(Cl)c1-n1cccn1. The van der Waals surface area contributed by atoms with E-state index in [0.29, 0.717) is 22.8 Å². The molecule has 0 aliphatic carbocycles. The van der Waals surface area contributed by atoms with E-state index < -0.39 is 6.10 Å². The van der Waals surface area contributed by atoms with Crippen molar-refractivity contribution in [2.24, 2.45) is 0 Å². The summed E-state index contributed by atoms with van der Waals surface area (Å²) in [5, 5.41) is 16.6. The van der Waals surface area contributed by atoms with Gasteiger partial charge in [0.25, 0.3) is 0 Å². The number of hydrogen-bond donors (Lipinski definition) is 2. The van der Waals surface area contributed by atoms with Crippen molar-refractivity contribution >= 4 is 23.2 Å². The molecule has 0 radical (unpaired) electrons. The van der Waals surface area contributed by atoms with Crippen molar-refractivity contribution in [3.8, 4) is 5.69 Å². The van der Waals surface area contributed by atoms with Crippen LogP contribution in [0.15, 0.2) is 36.7 Å². The molecule has 1 aromatic heterocycles. The molecule has 0 bridgehead atoms. The summed E-state index contributed by atoms with van der Waals surface area (Å²) in [7, 11) is 0. The first-order valence-electron chi connectivity index (χ1n) is 6.34. The lowest BCUT2D eigenvalue weighted by Gasteiger charge is -2.13. The van der Waals surface area contributed by atoms with E-state index in [2.05, 4.69) is 10.4 Å². The number of nitrogens with zero attached hydrogens (tertiary/aromatic N) is 2. The average Bonchev–Trinajstić information content (AvgIpc) is 2.90. The topological polar surface area (TPSA) is 67.2 Å². The van der Waals surface area contributed by atoms with Gasteiger partial charge in [-0.3, -0.25) is 4.79 Å². The van der Waals surface area contributed by atoms with Crippen molar-refractivity contribution < 1.29 is 9.90 Å². The number of halogens is 1. The fourth-order valence-electron chi connectivity index (χ4n) is 1.80. The van der Waals surface area contributed by atoms with Crippen molar-refractivity contribution in [2.45, 2.75) is 25.9 Å². The summed E-state index contributed by atoms with van der Waals surface area (Å²) in [6.07, 6.45) is 3.58. The number of carbonyl (C=O) groups excluding carboxylic acids is 1. The molecule has 0 aliphatic heterocycles. The van der Waals surface area contributed by atoms with Crippen LogP contribution in [-0.2, 0) is 4.79 Å². The average molecular weight is 294 g/mol. The molecule has 0 fully saturated rings. The van der Waals surface area contributed by atoms with E-state index in [4.69, 9.17) is 11.6 Å². The molecule has 2 N–H and O–H groups in total. The molecule has 0 aliphatic rings. The number of rotatable bonds is 5. The van der Waals surface area contributed by atoms with E-state index in [0.717, 1.165) is 0 Å². The molecule has 1 heterocycles. The molecule has 20 heavy (non-hydrogen) atoms. The van der Waals surface area contributed by atoms with Crippen LogP contribution in [0.1, 0.15) is 19.8 Å². The van der Waals surface area contributed by atoms with Gasteiger partial charge in [0, 0.05) is 18.8 Å². The second-order valence-electron chi connectivity index (χ2n) is 4.52. The zero-order valence-corrected chi connectivity index (χ0v) is 11.8. The van der Waals surface area contributed by atoms with Gasteiger partial charge in [0.05, 0.1) is 16.8 Å². The smallest absolute Gasteiger partial charge is 0.224 e. The van der Waals surface area contributed by atoms with Crippen LogP contribution in [-0.4, -0.2) is 26.9 Å². The molecule has 1 aromatic carbocycles. The molecular weight excluding hydrogens is 278 g/mol. The first kappa shape index (κ1) is 14.6. The summed E-state index contributed by atoms with van der Waals surface area (Å²) in [6.45, 7) is 1.65. The lowest BCUT2D eigenvalue weighted by atomic mass is 10.2. The van der Waals surface area contributed by atoms with E-state index >= 15 is 0 Å². The molecular formula is C14H16ClN3O2. The molecule has 6 heteroatoms. The van der Waals surface area contributed by atoms with Gasteiger partial charge in [-0.1, -0.05) is 17.7 Å². The van der Waals surface area contributed by atoms with Gasteiger partial charge in [-0.15, -0.1) is 0 Å². The maximum Gasteiger partial charge on any atom is 0.224 e. The fourth-order valence-corrected chi connectivity index (χ4v) is 2.06. The molecule has 106 valence electrons. The highest BCUT2D eigenvalue weighted by atomic mass is 35.5. The monoisotopic (exact) mass is 293 g/mol. The molecule has 0 spiro atoms. The lowest BCUT2D eigenvalue weighted by molar-refractivity contribution is -0.116. The number of aromatic nitrogens is 2. The maximum atomic E-state index is 11.9. The van der Waals surface area contributed by atoms with Gasteiger partial charge < -0.3 is 10.4 Å². The zero-order valence-electron chi connectivity index (χ0n) is 11.1. The van der Waals surface area contributed by atoms with Crippen LogP contribution in [0.3, 0.4) is 0 Å². The summed E-state index contributed by atoms with van der Waals surface area (Å²) in [5.41, 5.74) is 1.22. The summed E-state index contributed by atoms with van der Waals surface area (Å²) >= 11 is 6.18. The summed E-state index contributed by atoms with van der Waals surface area (Å²) < 4.78 is 1.60. The minimum Gasteiger partial charge on any atom is -0.393 e. The quantitative estimate of drug-likeness (QED) is 0.890. The molecule has 0 saturated carbocycles. The zero-order chi connectivity index (χ0) is 14.5. The summed E-state index contributed by atoms with van der Waals surface area (Å²) in [5.74, 6) is -0.165. The van der Waals surface area contributed by atoms with Gasteiger partial charge >= 0.3 is 0 Å². The van der Waals surface area contributed by atoms with Crippen LogP contribution in [0.5, 0.6) is 0 Å². The Kier molecular flexibility index (Phi) is 4.76. The third kappa shape index (κ3) is 3.59. The third-order valence-electron chi connectivity index (χ3n) is 2.78. The molecule has 0 saturated heterocycles. The second-order valence-corrected chi connectivity index (χ2v) is 4.93. The standard InChI is InChI=1S/C14H16ClN3O2/c1-10(19)6-7-13(20)17-12-5-2-4-11(15)14(12)18-9-3-8-16-18/h2-5,8-10,19H,6-7H2,1H3,(H,17,20). The second kappa shape index (κ2) is 6.54. The highest BCUT2D eigenvalue weighted by molar-refractivity contribution is 6.33. The third-order valence-corrected chi connectivity index (χ3v) is 3.09. The van der Waals surface area contributed by atoms with E-state index in [9.17, 15) is 9.90 Å². The van der Waals surface area contributed by atoms with E-state index in [1.54, 1.807) is 48.3 Å². The molecule has 1 atom stereocenters. The number of hydrogen-bond acceptors (Lipinski definition) is 3. The Hall–Kier alpha value is -1.85. The van der Waals surface area contributed by atoms with Crippen molar-refractivity contribution in [1.29, 1.82) is 0 Å². The largest absolute Gasteiger partial charge is 0.393 e. The van der Waals surface area contributed by atoms with Crippen LogP contribution < -0.4 is 5.32 Å². The van der Waals surface area contributed by atoms with E-state index in [-0.39, 0.29) is 12.3 Å². The van der Waals surface area contributed by atoms with Crippen molar-refractivity contribution in [3.63, 3.8) is 0 Å². The van der Waals surface area contributed by atoms with Gasteiger partial charge in [-0.05, 0) is 31.5 Å². The molecule has 2 aromatic rings. The van der Waals surface area contributed by atoms with Crippen molar-refractivity contribution in [2.75, 3.05) is 5.32 Å². The Balaban J connectivity index is 2.20. The van der Waals surface area contributed by atoms with Gasteiger partial charge in [0.2, 0.25) is 5.91 Å². The minimum absolute atomic E-state index is 0.165. The Labute approximate surface area is 122 Å². The van der Waals surface area contributed by atoms with Crippen molar-refractivity contribution in [3.05, 3.63) is 41.7 Å². The highest BCUT2D eigenvalue weighted by Crippen LogP contribution is 2.28. The molecule has 1 unspecified atom stereocenters. The number of amides is 1. The predicted molar refractivity (Wildman–Crippen MR) is 78.1 cm³/mol. The van der Waals surface area contributed by atoms with Gasteiger partial charge in [0.1, 0.15) is 5.69 Å². The summed E-state index contributed by atoms with van der Waals surface area (Å²) in [4.78, 5) is 11.9. The number of aliphatic hydroxyl groups is 1. The number of para-hydroxylation sites is 1. The number of benzene rings is 1. The molecule has 5 nitrogen and oxygen atoms in total. The summed E-state index contributed by atoms with van der Waals surface area (Å²) in [6, 6.07) is 7.05. The predicted octanol–water partition coefficient (Wildman–Crippen LogP) is 2.63. The Morgan fingerprint density at radius 3 is 2.95 bits per heavy atom. The van der Waals surface area contributed by atoms with Crippen LogP contribution in [0.2, 0.25) is 5.02 Å². The Morgan fingerprint density at radius 1 is 1.50 bits per heavy atom. The van der Waals surface area contributed by atoms with E-state index in [1.165, 1.54) is 0 Å². The van der Waals surface area contributed by atoms with Crippen LogP contribution in [0.25, 0.3) is 5.69 Å². The van der Waals surface area contributed by atoms with Crippen LogP contribution in [0, 0.1) is 0 Å². The van der Waals surface area contributed by atoms with Crippen molar-refractivity contribution in [1.82, 2.24) is 9.78 Å². The minimum atomic E-state index is -0.495.